The lowest BCUT2D eigenvalue weighted by Crippen LogP contribution is -1.85. The quantitative estimate of drug-likeness (QED) is 0.701. The van der Waals surface area contributed by atoms with Gasteiger partial charge >= 0.3 is 0 Å². The van der Waals surface area contributed by atoms with Gasteiger partial charge in [-0.25, -0.2) is 0 Å². The van der Waals surface area contributed by atoms with E-state index in [4.69, 9.17) is 23.2 Å². The summed E-state index contributed by atoms with van der Waals surface area (Å²) < 4.78 is 0. The monoisotopic (exact) mass is 302 g/mol. The molecule has 0 spiro atoms. The minimum atomic E-state index is -0.0973. The summed E-state index contributed by atoms with van der Waals surface area (Å²) in [5, 5.41) is 1.09. The topological polar surface area (TPSA) is 17.1 Å². The number of allylic oxidation sites excluding steroid dienone is 2. The molecule has 0 fully saturated rings. The fraction of sp³-hybridized carbons (Fsp3) is 0. The summed E-state index contributed by atoms with van der Waals surface area (Å²) in [6, 6.07) is 14.8. The maximum Gasteiger partial charge on any atom is 0.178 e. The van der Waals surface area contributed by atoms with Crippen molar-refractivity contribution < 1.29 is 4.79 Å². The average molecular weight is 303 g/mol. The molecule has 0 saturated carbocycles. The molecule has 0 N–H and O–H groups in total. The van der Waals surface area contributed by atoms with E-state index < -0.39 is 0 Å². The van der Waals surface area contributed by atoms with E-state index in [2.05, 4.69) is 0 Å². The minimum Gasteiger partial charge on any atom is -0.290 e. The first kappa shape index (κ1) is 14.6. The highest BCUT2D eigenvalue weighted by Crippen LogP contribution is 2.21. The van der Waals surface area contributed by atoms with Crippen LogP contribution in [0.5, 0.6) is 0 Å². The Labute approximate surface area is 128 Å². The van der Waals surface area contributed by atoms with E-state index in [1.165, 1.54) is 12.2 Å². The molecule has 0 saturated heterocycles. The molecule has 0 aliphatic heterocycles. The van der Waals surface area contributed by atoms with Crippen molar-refractivity contribution in [1.29, 1.82) is 0 Å². The van der Waals surface area contributed by atoms with E-state index in [0.29, 0.717) is 10.0 Å². The maximum atomic E-state index is 11.7. The van der Waals surface area contributed by atoms with Crippen molar-refractivity contribution in [2.45, 2.75) is 0 Å². The summed E-state index contributed by atoms with van der Waals surface area (Å²) >= 11 is 11.8. The Bertz CT molecular complexity index is 658. The Morgan fingerprint density at radius 2 is 1.60 bits per heavy atom. The Morgan fingerprint density at radius 1 is 0.900 bits per heavy atom. The van der Waals surface area contributed by atoms with Crippen molar-refractivity contribution in [3.63, 3.8) is 0 Å². The van der Waals surface area contributed by atoms with Gasteiger partial charge in [-0.1, -0.05) is 65.7 Å². The van der Waals surface area contributed by atoms with Crippen LogP contribution in [0.1, 0.15) is 11.1 Å². The lowest BCUT2D eigenvalue weighted by molar-refractivity contribution is -0.110. The zero-order chi connectivity index (χ0) is 14.4. The molecule has 0 aliphatic carbocycles. The zero-order valence-electron chi connectivity index (χ0n) is 10.6. The van der Waals surface area contributed by atoms with Gasteiger partial charge in [-0.3, -0.25) is 4.79 Å². The molecule has 0 amide bonds. The molecular formula is C17H12Cl2O. The summed E-state index contributed by atoms with van der Waals surface area (Å²) in [6.07, 6.45) is 6.46. The smallest absolute Gasteiger partial charge is 0.178 e. The van der Waals surface area contributed by atoms with Crippen LogP contribution in [0.3, 0.4) is 0 Å². The first-order valence-electron chi connectivity index (χ1n) is 6.05. The van der Waals surface area contributed by atoms with Crippen LogP contribution in [0.25, 0.3) is 12.2 Å². The van der Waals surface area contributed by atoms with Crippen molar-refractivity contribution >= 4 is 41.1 Å². The highest BCUT2D eigenvalue weighted by atomic mass is 35.5. The molecule has 2 aromatic carbocycles. The lowest BCUT2D eigenvalue weighted by Gasteiger charge is -1.97. The number of hydrogen-bond acceptors (Lipinski definition) is 1. The first-order chi connectivity index (χ1) is 9.65. The second kappa shape index (κ2) is 7.09. The molecule has 0 radical (unpaired) electrons. The van der Waals surface area contributed by atoms with Crippen LogP contribution in [-0.2, 0) is 4.79 Å². The number of halogens is 2. The SMILES string of the molecule is O=C(/C=C/c1ccccc1)/C=C/c1ccc(Cl)cc1Cl. The fourth-order valence-corrected chi connectivity index (χ4v) is 2.08. The number of benzene rings is 2. The number of carbonyl (C=O) groups excluding carboxylic acids is 1. The molecule has 0 aliphatic rings. The van der Waals surface area contributed by atoms with Gasteiger partial charge in [0.05, 0.1) is 0 Å². The molecule has 0 unspecified atom stereocenters. The Hall–Kier alpha value is -1.83. The van der Waals surface area contributed by atoms with Gasteiger partial charge in [0.15, 0.2) is 5.78 Å². The molecule has 2 rings (SSSR count). The van der Waals surface area contributed by atoms with E-state index in [0.717, 1.165) is 11.1 Å². The Morgan fingerprint density at radius 3 is 2.30 bits per heavy atom. The molecule has 2 aromatic rings. The van der Waals surface area contributed by atoms with E-state index in [9.17, 15) is 4.79 Å². The third kappa shape index (κ3) is 4.37. The van der Waals surface area contributed by atoms with Crippen LogP contribution in [0.15, 0.2) is 60.7 Å². The van der Waals surface area contributed by atoms with Crippen LogP contribution in [-0.4, -0.2) is 5.78 Å². The largest absolute Gasteiger partial charge is 0.290 e. The van der Waals surface area contributed by atoms with E-state index in [-0.39, 0.29) is 5.78 Å². The number of rotatable bonds is 4. The number of ketones is 1. The van der Waals surface area contributed by atoms with E-state index in [1.54, 1.807) is 30.4 Å². The molecule has 0 heterocycles. The Balaban J connectivity index is 2.04. The van der Waals surface area contributed by atoms with Crippen molar-refractivity contribution in [1.82, 2.24) is 0 Å². The van der Waals surface area contributed by atoms with Crippen LogP contribution >= 0.6 is 23.2 Å². The van der Waals surface area contributed by atoms with E-state index >= 15 is 0 Å². The summed E-state index contributed by atoms with van der Waals surface area (Å²) in [6.45, 7) is 0. The summed E-state index contributed by atoms with van der Waals surface area (Å²) in [7, 11) is 0. The second-order valence-electron chi connectivity index (χ2n) is 4.15. The van der Waals surface area contributed by atoms with Crippen molar-refractivity contribution in [3.8, 4) is 0 Å². The highest BCUT2D eigenvalue weighted by molar-refractivity contribution is 6.35. The summed E-state index contributed by atoms with van der Waals surface area (Å²) in [5.74, 6) is -0.0973. The van der Waals surface area contributed by atoms with Crippen LogP contribution < -0.4 is 0 Å². The molecule has 0 atom stereocenters. The van der Waals surface area contributed by atoms with Gasteiger partial charge < -0.3 is 0 Å². The molecule has 0 aromatic heterocycles. The molecule has 100 valence electrons. The number of carbonyl (C=O) groups is 1. The average Bonchev–Trinajstić information content (AvgIpc) is 2.45. The minimum absolute atomic E-state index is 0.0973. The normalized spacial score (nSPS) is 11.3. The van der Waals surface area contributed by atoms with Gasteiger partial charge in [0.25, 0.3) is 0 Å². The van der Waals surface area contributed by atoms with Crippen LogP contribution in [0, 0.1) is 0 Å². The highest BCUT2D eigenvalue weighted by Gasteiger charge is 1.98. The third-order valence-electron chi connectivity index (χ3n) is 2.63. The lowest BCUT2D eigenvalue weighted by atomic mass is 10.1. The molecule has 1 nitrogen and oxygen atoms in total. The fourth-order valence-electron chi connectivity index (χ4n) is 1.61. The molecule has 3 heteroatoms. The predicted octanol–water partition coefficient (Wildman–Crippen LogP) is 5.29. The van der Waals surface area contributed by atoms with Gasteiger partial charge in [-0.05, 0) is 41.5 Å². The molecule has 0 bridgehead atoms. The second-order valence-corrected chi connectivity index (χ2v) is 4.99. The Kier molecular flexibility index (Phi) is 5.16. The van der Waals surface area contributed by atoms with Crippen molar-refractivity contribution in [3.05, 3.63) is 81.9 Å². The van der Waals surface area contributed by atoms with Gasteiger partial charge in [0.1, 0.15) is 0 Å². The van der Waals surface area contributed by atoms with Crippen LogP contribution in [0.4, 0.5) is 0 Å². The molecular weight excluding hydrogens is 291 g/mol. The van der Waals surface area contributed by atoms with Gasteiger partial charge in [-0.2, -0.15) is 0 Å². The third-order valence-corrected chi connectivity index (χ3v) is 3.19. The van der Waals surface area contributed by atoms with Gasteiger partial charge in [0.2, 0.25) is 0 Å². The zero-order valence-corrected chi connectivity index (χ0v) is 12.1. The van der Waals surface area contributed by atoms with Crippen LogP contribution in [0.2, 0.25) is 10.0 Å². The van der Waals surface area contributed by atoms with Crippen molar-refractivity contribution in [2.24, 2.45) is 0 Å². The standard InChI is InChI=1S/C17H12Cl2O/c18-15-9-7-14(17(19)12-15)8-11-16(20)10-6-13-4-2-1-3-5-13/h1-12H/b10-6+,11-8+. The number of hydrogen-bond donors (Lipinski definition) is 0. The van der Waals surface area contributed by atoms with Crippen molar-refractivity contribution in [2.75, 3.05) is 0 Å². The van der Waals surface area contributed by atoms with Gasteiger partial charge in [-0.15, -0.1) is 0 Å². The van der Waals surface area contributed by atoms with Gasteiger partial charge in [0, 0.05) is 10.0 Å². The first-order valence-corrected chi connectivity index (χ1v) is 6.81. The van der Waals surface area contributed by atoms with E-state index in [1.807, 2.05) is 30.3 Å². The predicted molar refractivity (Wildman–Crippen MR) is 86.0 cm³/mol. The summed E-state index contributed by atoms with van der Waals surface area (Å²) in [5.41, 5.74) is 1.75. The summed E-state index contributed by atoms with van der Waals surface area (Å²) in [4.78, 5) is 11.7. The maximum absolute atomic E-state index is 11.7. The molecule has 20 heavy (non-hydrogen) atoms.